The average molecular weight is 400 g/mol. The summed E-state index contributed by atoms with van der Waals surface area (Å²) in [7, 11) is 0. The van der Waals surface area contributed by atoms with Gasteiger partial charge in [-0.25, -0.2) is 13.2 Å². The molecule has 1 aliphatic heterocycles. The summed E-state index contributed by atoms with van der Waals surface area (Å²) in [5.41, 5.74) is -0.473. The van der Waals surface area contributed by atoms with Gasteiger partial charge >= 0.3 is 0 Å². The minimum Gasteiger partial charge on any atom is -0.493 e. The van der Waals surface area contributed by atoms with Crippen LogP contribution in [0, 0.1) is 17.7 Å². The second-order valence-electron chi connectivity index (χ2n) is 8.09. The molecule has 1 aromatic carbocycles. The van der Waals surface area contributed by atoms with Crippen molar-refractivity contribution in [2.75, 3.05) is 19.8 Å². The Bertz CT molecular complexity index is 622. The largest absolute Gasteiger partial charge is 0.493 e. The normalized spacial score (nSPS) is 28.5. The highest BCUT2D eigenvalue weighted by atomic mass is 19.3. The van der Waals surface area contributed by atoms with E-state index in [0.717, 1.165) is 25.2 Å². The first-order valence-corrected chi connectivity index (χ1v) is 10.5. The summed E-state index contributed by atoms with van der Waals surface area (Å²) in [5, 5.41) is 0. The molecule has 0 N–H and O–H groups in total. The molecular formula is C22H31F3O3. The summed E-state index contributed by atoms with van der Waals surface area (Å²) in [6.07, 6.45) is 3.02. The third kappa shape index (κ3) is 5.20. The van der Waals surface area contributed by atoms with Crippen LogP contribution in [-0.4, -0.2) is 25.9 Å². The van der Waals surface area contributed by atoms with Crippen molar-refractivity contribution in [3.8, 4) is 5.75 Å². The van der Waals surface area contributed by atoms with Crippen molar-refractivity contribution >= 4 is 0 Å². The van der Waals surface area contributed by atoms with Crippen molar-refractivity contribution < 1.29 is 27.4 Å². The van der Waals surface area contributed by atoms with Crippen molar-refractivity contribution in [3.05, 3.63) is 29.1 Å². The molecule has 28 heavy (non-hydrogen) atoms. The Kier molecular flexibility index (Phi) is 7.63. The van der Waals surface area contributed by atoms with Crippen molar-refractivity contribution in [2.24, 2.45) is 11.8 Å². The Morgan fingerprint density at radius 2 is 1.86 bits per heavy atom. The van der Waals surface area contributed by atoms with E-state index in [2.05, 4.69) is 6.92 Å². The fourth-order valence-electron chi connectivity index (χ4n) is 4.18. The Balaban J connectivity index is 1.55. The van der Waals surface area contributed by atoms with Gasteiger partial charge in [-0.2, -0.15) is 0 Å². The molecule has 158 valence electrons. The SMILES string of the molecule is CCOc1ccc(C2CCC(COC3CCC(C)CC3)CO2)c(F)c1C(F)F. The van der Waals surface area contributed by atoms with E-state index in [1.807, 2.05) is 0 Å². The van der Waals surface area contributed by atoms with Gasteiger partial charge in [0.25, 0.3) is 6.43 Å². The maximum atomic E-state index is 14.7. The Labute approximate surface area is 165 Å². The van der Waals surface area contributed by atoms with E-state index in [1.165, 1.54) is 25.0 Å². The van der Waals surface area contributed by atoms with Crippen LogP contribution in [0.3, 0.4) is 0 Å². The quantitative estimate of drug-likeness (QED) is 0.543. The summed E-state index contributed by atoms with van der Waals surface area (Å²) in [5.74, 6) is 0.0660. The number of halogens is 3. The van der Waals surface area contributed by atoms with Gasteiger partial charge in [-0.15, -0.1) is 0 Å². The molecular weight excluding hydrogens is 369 g/mol. The van der Waals surface area contributed by atoms with Crippen LogP contribution in [0.15, 0.2) is 12.1 Å². The molecule has 0 spiro atoms. The molecule has 0 aromatic heterocycles. The van der Waals surface area contributed by atoms with Gasteiger partial charge in [0.1, 0.15) is 11.6 Å². The minimum atomic E-state index is -2.93. The van der Waals surface area contributed by atoms with E-state index in [0.29, 0.717) is 25.7 Å². The lowest BCUT2D eigenvalue weighted by molar-refractivity contribution is -0.0659. The van der Waals surface area contributed by atoms with Gasteiger partial charge in [-0.05, 0) is 63.5 Å². The van der Waals surface area contributed by atoms with Crippen LogP contribution in [0.1, 0.15) is 76.0 Å². The van der Waals surface area contributed by atoms with Crippen LogP contribution in [0.5, 0.6) is 5.75 Å². The zero-order valence-corrected chi connectivity index (χ0v) is 16.8. The van der Waals surface area contributed by atoms with E-state index in [9.17, 15) is 13.2 Å². The molecule has 3 nitrogen and oxygen atoms in total. The van der Waals surface area contributed by atoms with Crippen LogP contribution >= 0.6 is 0 Å². The first-order chi connectivity index (χ1) is 13.5. The standard InChI is InChI=1S/C22H31F3O3/c1-3-26-19-11-9-17(21(23)20(19)22(24)25)18-10-6-15(13-28-18)12-27-16-7-4-14(2)5-8-16/h9,11,14-16,18,22H,3-8,10,12-13H2,1-2H3. The molecule has 1 saturated heterocycles. The fraction of sp³-hybridized carbons (Fsp3) is 0.727. The number of rotatable bonds is 7. The second-order valence-corrected chi connectivity index (χ2v) is 8.09. The third-order valence-electron chi connectivity index (χ3n) is 5.94. The van der Waals surface area contributed by atoms with Crippen molar-refractivity contribution in [2.45, 2.75) is 71.0 Å². The highest BCUT2D eigenvalue weighted by molar-refractivity contribution is 5.40. The van der Waals surface area contributed by atoms with Gasteiger partial charge in [-0.3, -0.25) is 0 Å². The highest BCUT2D eigenvalue weighted by Gasteiger charge is 2.30. The zero-order chi connectivity index (χ0) is 20.1. The topological polar surface area (TPSA) is 27.7 Å². The summed E-state index contributed by atoms with van der Waals surface area (Å²) >= 11 is 0. The molecule has 3 rings (SSSR count). The first kappa shape index (κ1) is 21.4. The Morgan fingerprint density at radius 3 is 2.46 bits per heavy atom. The molecule has 1 aromatic rings. The van der Waals surface area contributed by atoms with E-state index >= 15 is 0 Å². The van der Waals surface area contributed by atoms with Gasteiger partial charge in [-0.1, -0.05) is 6.92 Å². The van der Waals surface area contributed by atoms with Gasteiger partial charge in [0, 0.05) is 11.5 Å². The van der Waals surface area contributed by atoms with Crippen LogP contribution in [0.25, 0.3) is 0 Å². The number of hydrogen-bond acceptors (Lipinski definition) is 3. The lowest BCUT2D eigenvalue weighted by atomic mass is 9.89. The maximum Gasteiger partial charge on any atom is 0.270 e. The van der Waals surface area contributed by atoms with Crippen LogP contribution in [0.2, 0.25) is 0 Å². The van der Waals surface area contributed by atoms with E-state index < -0.39 is 23.9 Å². The van der Waals surface area contributed by atoms with E-state index in [-0.39, 0.29) is 23.8 Å². The number of alkyl halides is 2. The van der Waals surface area contributed by atoms with Crippen molar-refractivity contribution in [1.82, 2.24) is 0 Å². The van der Waals surface area contributed by atoms with Crippen LogP contribution in [0.4, 0.5) is 13.2 Å². The average Bonchev–Trinajstić information content (AvgIpc) is 2.68. The number of hydrogen-bond donors (Lipinski definition) is 0. The van der Waals surface area contributed by atoms with Crippen LogP contribution < -0.4 is 4.74 Å². The highest BCUT2D eigenvalue weighted by Crippen LogP contribution is 2.39. The van der Waals surface area contributed by atoms with Gasteiger partial charge < -0.3 is 14.2 Å². The second kappa shape index (κ2) is 9.97. The molecule has 2 unspecified atom stereocenters. The summed E-state index contributed by atoms with van der Waals surface area (Å²) < 4.78 is 58.5. The van der Waals surface area contributed by atoms with Crippen molar-refractivity contribution in [1.29, 1.82) is 0 Å². The molecule has 1 saturated carbocycles. The monoisotopic (exact) mass is 400 g/mol. The molecule has 2 aliphatic rings. The lowest BCUT2D eigenvalue weighted by Gasteiger charge is -2.32. The summed E-state index contributed by atoms with van der Waals surface area (Å²) in [6, 6.07) is 2.93. The summed E-state index contributed by atoms with van der Waals surface area (Å²) in [6.45, 7) is 5.29. The molecule has 2 atom stereocenters. The number of ether oxygens (including phenoxy) is 3. The Hall–Kier alpha value is -1.27. The zero-order valence-electron chi connectivity index (χ0n) is 16.8. The third-order valence-corrected chi connectivity index (χ3v) is 5.94. The molecule has 0 bridgehead atoms. The first-order valence-electron chi connectivity index (χ1n) is 10.5. The molecule has 2 fully saturated rings. The molecule has 6 heteroatoms. The van der Waals surface area contributed by atoms with E-state index in [4.69, 9.17) is 14.2 Å². The van der Waals surface area contributed by atoms with Gasteiger partial charge in [0.15, 0.2) is 0 Å². The lowest BCUT2D eigenvalue weighted by Crippen LogP contribution is -2.28. The van der Waals surface area contributed by atoms with E-state index in [1.54, 1.807) is 6.92 Å². The molecule has 0 radical (unpaired) electrons. The number of benzene rings is 1. The van der Waals surface area contributed by atoms with Gasteiger partial charge in [0.05, 0.1) is 37.6 Å². The summed E-state index contributed by atoms with van der Waals surface area (Å²) in [4.78, 5) is 0. The van der Waals surface area contributed by atoms with Crippen LogP contribution in [-0.2, 0) is 9.47 Å². The predicted molar refractivity (Wildman–Crippen MR) is 101 cm³/mol. The Morgan fingerprint density at radius 1 is 1.11 bits per heavy atom. The smallest absolute Gasteiger partial charge is 0.270 e. The molecule has 1 heterocycles. The predicted octanol–water partition coefficient (Wildman–Crippen LogP) is 6.23. The maximum absolute atomic E-state index is 14.7. The minimum absolute atomic E-state index is 0.0948. The van der Waals surface area contributed by atoms with Crippen molar-refractivity contribution in [3.63, 3.8) is 0 Å². The van der Waals surface area contributed by atoms with Gasteiger partial charge in [0.2, 0.25) is 0 Å². The molecule has 0 amide bonds. The molecule has 1 aliphatic carbocycles. The fourth-order valence-corrected chi connectivity index (χ4v) is 4.18.